The second-order valence-electron chi connectivity index (χ2n) is 5.78. The maximum atomic E-state index is 11.8. The first-order chi connectivity index (χ1) is 10.6. The van der Waals surface area contributed by atoms with Gasteiger partial charge in [-0.25, -0.2) is 4.68 Å². The van der Waals surface area contributed by atoms with Crippen LogP contribution in [-0.4, -0.2) is 40.3 Å². The third kappa shape index (κ3) is 3.80. The van der Waals surface area contributed by atoms with Crippen molar-refractivity contribution >= 4 is 18.1 Å². The van der Waals surface area contributed by atoms with E-state index in [1.165, 1.54) is 0 Å². The largest absolute Gasteiger partial charge is 0.348 e. The predicted octanol–water partition coefficient (Wildman–Crippen LogP) is 0.358. The van der Waals surface area contributed by atoms with Crippen LogP contribution in [0.25, 0.3) is 11.4 Å². The second kappa shape index (κ2) is 6.41. The molecule has 0 saturated heterocycles. The molecule has 1 heterocycles. The molecule has 1 aliphatic rings. The fraction of sp³-hybridized carbons (Fsp3) is 0.400. The third-order valence-corrected chi connectivity index (χ3v) is 3.87. The molecule has 0 aliphatic heterocycles. The fourth-order valence-corrected chi connectivity index (χ4v) is 2.50. The molecule has 1 atom stereocenters. The molecule has 6 nitrogen and oxygen atoms in total. The first-order valence-electron chi connectivity index (χ1n) is 7.45. The number of H-pyrrole nitrogens is 1. The van der Waals surface area contributed by atoms with Crippen LogP contribution in [0.4, 0.5) is 0 Å². The van der Waals surface area contributed by atoms with Crippen LogP contribution >= 0.6 is 12.2 Å². The standard InChI is InChI=1S/C15H19N5OS/c1-19(9-13(21)16-12-7-8-12)10-20-15(22)17-14(18-20)11-5-3-2-4-6-11/h2-6,12H,7-10H2,1H3,(H,16,21)(H,17,18,22)/p+1. The van der Waals surface area contributed by atoms with Crippen LogP contribution in [-0.2, 0) is 11.5 Å². The fourth-order valence-electron chi connectivity index (χ4n) is 2.30. The van der Waals surface area contributed by atoms with Crippen LogP contribution in [0.1, 0.15) is 12.8 Å². The lowest BCUT2D eigenvalue weighted by molar-refractivity contribution is -0.895. The van der Waals surface area contributed by atoms with Crippen molar-refractivity contribution in [3.8, 4) is 11.4 Å². The van der Waals surface area contributed by atoms with Crippen LogP contribution in [0.5, 0.6) is 0 Å². The number of carbonyl (C=O) groups excluding carboxylic acids is 1. The lowest BCUT2D eigenvalue weighted by Gasteiger charge is -2.13. The Labute approximate surface area is 134 Å². The van der Waals surface area contributed by atoms with Crippen LogP contribution in [0, 0.1) is 4.77 Å². The third-order valence-electron chi connectivity index (χ3n) is 3.56. The number of nitrogens with zero attached hydrogens (tertiary/aromatic N) is 2. The van der Waals surface area contributed by atoms with Crippen molar-refractivity contribution in [1.82, 2.24) is 20.1 Å². The van der Waals surface area contributed by atoms with Crippen molar-refractivity contribution in [2.75, 3.05) is 13.6 Å². The number of carbonyl (C=O) groups is 1. The van der Waals surface area contributed by atoms with Crippen molar-refractivity contribution in [2.24, 2.45) is 0 Å². The zero-order chi connectivity index (χ0) is 15.5. The van der Waals surface area contributed by atoms with Crippen LogP contribution in [0.15, 0.2) is 30.3 Å². The minimum absolute atomic E-state index is 0.0920. The van der Waals surface area contributed by atoms with E-state index >= 15 is 0 Å². The lowest BCUT2D eigenvalue weighted by Crippen LogP contribution is -3.09. The number of rotatable bonds is 6. The molecule has 1 aromatic carbocycles. The van der Waals surface area contributed by atoms with E-state index in [1.807, 2.05) is 37.4 Å². The number of benzene rings is 1. The summed E-state index contributed by atoms with van der Waals surface area (Å²) in [5.74, 6) is 0.843. The maximum absolute atomic E-state index is 11.8. The minimum atomic E-state index is 0.0920. The molecule has 0 spiro atoms. The van der Waals surface area contributed by atoms with Gasteiger partial charge < -0.3 is 10.2 Å². The maximum Gasteiger partial charge on any atom is 0.275 e. The molecule has 0 bridgehead atoms. The van der Waals surface area contributed by atoms with Gasteiger partial charge in [-0.15, -0.1) is 0 Å². The molecule has 1 fully saturated rings. The Morgan fingerprint density at radius 2 is 2.18 bits per heavy atom. The van der Waals surface area contributed by atoms with Gasteiger partial charge in [0.2, 0.25) is 4.77 Å². The Morgan fingerprint density at radius 1 is 1.45 bits per heavy atom. The van der Waals surface area contributed by atoms with Gasteiger partial charge in [-0.05, 0) is 25.1 Å². The van der Waals surface area contributed by atoms with E-state index in [-0.39, 0.29) is 5.91 Å². The van der Waals surface area contributed by atoms with E-state index < -0.39 is 0 Å². The molecular formula is C15H20N5OS+. The Morgan fingerprint density at radius 3 is 2.86 bits per heavy atom. The lowest BCUT2D eigenvalue weighted by atomic mass is 10.2. The molecule has 1 saturated carbocycles. The Kier molecular flexibility index (Phi) is 4.35. The number of aromatic nitrogens is 3. The molecule has 1 aromatic heterocycles. The van der Waals surface area contributed by atoms with E-state index in [1.54, 1.807) is 4.68 Å². The quantitative estimate of drug-likeness (QED) is 0.674. The second-order valence-corrected chi connectivity index (χ2v) is 6.15. The molecule has 116 valence electrons. The molecule has 2 aromatic rings. The number of aromatic amines is 1. The smallest absolute Gasteiger partial charge is 0.275 e. The number of likely N-dealkylation sites (N-methyl/N-ethyl adjacent to an activating group) is 1. The van der Waals surface area contributed by atoms with Crippen LogP contribution in [0.3, 0.4) is 0 Å². The zero-order valence-corrected chi connectivity index (χ0v) is 13.3. The summed E-state index contributed by atoms with van der Waals surface area (Å²) in [5, 5.41) is 6.20. The Bertz CT molecular complexity index is 704. The molecular weight excluding hydrogens is 298 g/mol. The van der Waals surface area contributed by atoms with Gasteiger partial charge in [-0.3, -0.25) is 9.89 Å². The van der Waals surface area contributed by atoms with E-state index in [9.17, 15) is 4.79 Å². The molecule has 3 N–H and O–H groups in total. The van der Waals surface area contributed by atoms with Crippen molar-refractivity contribution in [2.45, 2.75) is 25.6 Å². The predicted molar refractivity (Wildman–Crippen MR) is 85.8 cm³/mol. The SMILES string of the molecule is C[NH+](CC(=O)NC1CC1)Cn1[nH]c(-c2ccccc2)nc1=S. The summed E-state index contributed by atoms with van der Waals surface area (Å²) in [7, 11) is 1.97. The van der Waals surface area contributed by atoms with Gasteiger partial charge in [0.25, 0.3) is 5.91 Å². The highest BCUT2D eigenvalue weighted by Gasteiger charge is 2.24. The number of amides is 1. The highest BCUT2D eigenvalue weighted by molar-refractivity contribution is 7.71. The first-order valence-corrected chi connectivity index (χ1v) is 7.85. The molecule has 1 aliphatic carbocycles. The van der Waals surface area contributed by atoms with Gasteiger partial charge in [0, 0.05) is 11.6 Å². The van der Waals surface area contributed by atoms with Crippen LogP contribution in [0.2, 0.25) is 0 Å². The summed E-state index contributed by atoms with van der Waals surface area (Å²) in [5.41, 5.74) is 0.997. The number of quaternary nitrogens is 1. The summed E-state index contributed by atoms with van der Waals surface area (Å²) in [4.78, 5) is 17.2. The van der Waals surface area contributed by atoms with E-state index in [2.05, 4.69) is 15.4 Å². The van der Waals surface area contributed by atoms with Gasteiger partial charge in [-0.1, -0.05) is 30.3 Å². The number of nitrogens with one attached hydrogen (secondary N) is 3. The zero-order valence-electron chi connectivity index (χ0n) is 12.5. The number of hydrogen-bond donors (Lipinski definition) is 3. The molecule has 22 heavy (non-hydrogen) atoms. The minimum Gasteiger partial charge on any atom is -0.348 e. The highest BCUT2D eigenvalue weighted by Crippen LogP contribution is 2.18. The van der Waals surface area contributed by atoms with Gasteiger partial charge in [0.05, 0.1) is 7.05 Å². The summed E-state index contributed by atoms with van der Waals surface area (Å²) in [6, 6.07) is 10.3. The molecule has 1 amide bonds. The summed E-state index contributed by atoms with van der Waals surface area (Å²) in [6.45, 7) is 1.01. The van der Waals surface area contributed by atoms with Crippen LogP contribution < -0.4 is 10.2 Å². The van der Waals surface area contributed by atoms with Crippen molar-refractivity contribution in [3.05, 3.63) is 35.1 Å². The summed E-state index contributed by atoms with van der Waals surface area (Å²) in [6.07, 6.45) is 2.22. The first kappa shape index (κ1) is 14.9. The molecule has 0 radical (unpaired) electrons. The number of hydrogen-bond acceptors (Lipinski definition) is 3. The topological polar surface area (TPSA) is 67.2 Å². The molecule has 3 rings (SSSR count). The van der Waals surface area contributed by atoms with Crippen molar-refractivity contribution < 1.29 is 9.69 Å². The monoisotopic (exact) mass is 318 g/mol. The van der Waals surface area contributed by atoms with Gasteiger partial charge in [0.1, 0.15) is 0 Å². The average molecular weight is 318 g/mol. The summed E-state index contributed by atoms with van der Waals surface area (Å²) < 4.78 is 2.30. The van der Waals surface area contributed by atoms with E-state index in [0.717, 1.165) is 29.1 Å². The Balaban J connectivity index is 1.63. The van der Waals surface area contributed by atoms with Crippen molar-refractivity contribution in [1.29, 1.82) is 0 Å². The van der Waals surface area contributed by atoms with E-state index in [0.29, 0.717) is 24.0 Å². The molecule has 1 unspecified atom stereocenters. The van der Waals surface area contributed by atoms with Gasteiger partial charge in [0.15, 0.2) is 19.0 Å². The molecule has 7 heteroatoms. The van der Waals surface area contributed by atoms with Gasteiger partial charge in [-0.2, -0.15) is 4.98 Å². The normalized spacial score (nSPS) is 15.5. The van der Waals surface area contributed by atoms with Crippen molar-refractivity contribution in [3.63, 3.8) is 0 Å². The summed E-state index contributed by atoms with van der Waals surface area (Å²) >= 11 is 5.29. The van der Waals surface area contributed by atoms with Gasteiger partial charge >= 0.3 is 0 Å². The highest BCUT2D eigenvalue weighted by atomic mass is 32.1. The average Bonchev–Trinajstić information content (AvgIpc) is 3.22. The Hall–Kier alpha value is -1.99. The van der Waals surface area contributed by atoms with E-state index in [4.69, 9.17) is 12.2 Å².